The van der Waals surface area contributed by atoms with Gasteiger partial charge in [0, 0.05) is 31.6 Å². The topological polar surface area (TPSA) is 79.0 Å². The van der Waals surface area contributed by atoms with Gasteiger partial charge >= 0.3 is 0 Å². The van der Waals surface area contributed by atoms with Crippen molar-refractivity contribution in [1.82, 2.24) is 14.5 Å². The summed E-state index contributed by atoms with van der Waals surface area (Å²) in [4.78, 5) is 15.7. The van der Waals surface area contributed by atoms with Crippen molar-refractivity contribution in [3.8, 4) is 5.75 Å². The van der Waals surface area contributed by atoms with Gasteiger partial charge in [-0.05, 0) is 81.8 Å². The molecule has 3 fully saturated rings. The fourth-order valence-corrected chi connectivity index (χ4v) is 6.92. The molecule has 172 valence electrons. The van der Waals surface area contributed by atoms with Gasteiger partial charge in [0.15, 0.2) is 0 Å². The van der Waals surface area contributed by atoms with Crippen molar-refractivity contribution in [3.63, 3.8) is 0 Å². The maximum absolute atomic E-state index is 12.9. The lowest BCUT2D eigenvalue weighted by Crippen LogP contribution is -2.51. The van der Waals surface area contributed by atoms with Crippen molar-refractivity contribution in [3.05, 3.63) is 24.3 Å². The van der Waals surface area contributed by atoms with Crippen LogP contribution in [0.3, 0.4) is 0 Å². The van der Waals surface area contributed by atoms with Gasteiger partial charge in [-0.3, -0.25) is 4.79 Å². The van der Waals surface area contributed by atoms with Crippen LogP contribution in [0, 0.1) is 11.8 Å². The number of sulfonamides is 1. The van der Waals surface area contributed by atoms with Crippen LogP contribution >= 0.6 is 0 Å². The number of ether oxygens (including phenoxy) is 1. The highest BCUT2D eigenvalue weighted by Gasteiger charge is 2.35. The van der Waals surface area contributed by atoms with Crippen LogP contribution in [0.15, 0.2) is 29.2 Å². The standard InChI is InChI=1S/C23H35N3O4S/c1-30-20-7-9-21(10-8-20)31(28,29)26-15-11-18(12-16-26)23(27)24-17-19-5-4-14-25-13-3-2-6-22(19)25/h7-10,18-19,22H,2-6,11-17H2,1H3,(H,24,27)/t19-,22-/m0/s1. The van der Waals surface area contributed by atoms with E-state index in [-0.39, 0.29) is 16.7 Å². The molecule has 1 aromatic rings. The first-order chi connectivity index (χ1) is 15.0. The minimum absolute atomic E-state index is 0.0921. The molecule has 0 bridgehead atoms. The lowest BCUT2D eigenvalue weighted by Gasteiger charge is -2.44. The number of hydrogen-bond acceptors (Lipinski definition) is 5. The molecular formula is C23H35N3O4S. The van der Waals surface area contributed by atoms with Gasteiger partial charge < -0.3 is 15.0 Å². The number of hydrogen-bond donors (Lipinski definition) is 1. The van der Waals surface area contributed by atoms with E-state index in [1.54, 1.807) is 31.4 Å². The summed E-state index contributed by atoms with van der Waals surface area (Å²) in [7, 11) is -1.98. The van der Waals surface area contributed by atoms with Crippen molar-refractivity contribution < 1.29 is 17.9 Å². The third kappa shape index (κ3) is 5.07. The van der Waals surface area contributed by atoms with Crippen molar-refractivity contribution >= 4 is 15.9 Å². The highest BCUT2D eigenvalue weighted by Crippen LogP contribution is 2.31. The number of amides is 1. The zero-order valence-corrected chi connectivity index (χ0v) is 19.3. The van der Waals surface area contributed by atoms with Crippen molar-refractivity contribution in [2.75, 3.05) is 39.8 Å². The molecule has 31 heavy (non-hydrogen) atoms. The van der Waals surface area contributed by atoms with Crippen molar-refractivity contribution in [2.24, 2.45) is 11.8 Å². The predicted octanol–water partition coefficient (Wildman–Crippen LogP) is 2.48. The Balaban J connectivity index is 1.27. The van der Waals surface area contributed by atoms with Crippen LogP contribution in [0.1, 0.15) is 44.9 Å². The molecule has 3 aliphatic heterocycles. The molecule has 3 heterocycles. The molecular weight excluding hydrogens is 414 g/mol. The van der Waals surface area contributed by atoms with Gasteiger partial charge in [0.05, 0.1) is 12.0 Å². The maximum atomic E-state index is 12.9. The molecule has 0 radical (unpaired) electrons. The van der Waals surface area contributed by atoms with Crippen LogP contribution in [0.2, 0.25) is 0 Å². The van der Waals surface area contributed by atoms with Gasteiger partial charge in [-0.1, -0.05) is 6.42 Å². The average Bonchev–Trinajstić information content (AvgIpc) is 2.82. The summed E-state index contributed by atoms with van der Waals surface area (Å²) in [6, 6.07) is 7.09. The molecule has 1 amide bonds. The molecule has 1 aromatic carbocycles. The summed E-state index contributed by atoms with van der Waals surface area (Å²) >= 11 is 0. The number of methoxy groups -OCH3 is 1. The number of carbonyl (C=O) groups excluding carboxylic acids is 1. The summed E-state index contributed by atoms with van der Waals surface area (Å²) in [5.41, 5.74) is 0. The van der Waals surface area contributed by atoms with E-state index in [9.17, 15) is 13.2 Å². The molecule has 0 saturated carbocycles. The second-order valence-corrected chi connectivity index (χ2v) is 11.0. The summed E-state index contributed by atoms with van der Waals surface area (Å²) in [6.45, 7) is 3.93. The van der Waals surface area contributed by atoms with Crippen molar-refractivity contribution in [2.45, 2.75) is 55.9 Å². The highest BCUT2D eigenvalue weighted by atomic mass is 32.2. The third-order valence-corrected chi connectivity index (χ3v) is 9.20. The monoisotopic (exact) mass is 449 g/mol. The molecule has 7 nitrogen and oxygen atoms in total. The minimum Gasteiger partial charge on any atom is -0.497 e. The van der Waals surface area contributed by atoms with Crippen LogP contribution in [0.25, 0.3) is 0 Å². The Labute approximate surface area is 186 Å². The van der Waals surface area contributed by atoms with Gasteiger partial charge in [0.25, 0.3) is 0 Å². The quantitative estimate of drug-likeness (QED) is 0.722. The SMILES string of the molecule is COc1ccc(S(=O)(=O)N2CCC(C(=O)NC[C@@H]3CCCN4CCCC[C@@H]34)CC2)cc1. The maximum Gasteiger partial charge on any atom is 0.243 e. The largest absolute Gasteiger partial charge is 0.497 e. The summed E-state index contributed by atoms with van der Waals surface area (Å²) in [5, 5.41) is 3.21. The first kappa shape index (κ1) is 22.6. The fourth-order valence-electron chi connectivity index (χ4n) is 5.45. The zero-order chi connectivity index (χ0) is 21.8. The number of carbonyl (C=O) groups is 1. The Morgan fingerprint density at radius 1 is 1.00 bits per heavy atom. The molecule has 4 rings (SSSR count). The van der Waals surface area contributed by atoms with Gasteiger partial charge in [-0.2, -0.15) is 4.31 Å². The lowest BCUT2D eigenvalue weighted by molar-refractivity contribution is -0.126. The lowest BCUT2D eigenvalue weighted by atomic mass is 9.83. The Hall–Kier alpha value is -1.64. The highest BCUT2D eigenvalue weighted by molar-refractivity contribution is 7.89. The predicted molar refractivity (Wildman–Crippen MR) is 119 cm³/mol. The van der Waals surface area contributed by atoms with Crippen LogP contribution in [-0.4, -0.2) is 69.4 Å². The number of benzene rings is 1. The smallest absolute Gasteiger partial charge is 0.243 e. The summed E-state index contributed by atoms with van der Waals surface area (Å²) < 4.78 is 32.4. The van der Waals surface area contributed by atoms with Crippen LogP contribution in [0.4, 0.5) is 0 Å². The molecule has 1 N–H and O–H groups in total. The van der Waals surface area contributed by atoms with Gasteiger partial charge in [0.2, 0.25) is 15.9 Å². The third-order valence-electron chi connectivity index (χ3n) is 7.29. The second kappa shape index (κ2) is 9.88. The van der Waals surface area contributed by atoms with E-state index in [1.165, 1.54) is 49.5 Å². The molecule has 0 aromatic heterocycles. The summed E-state index contributed by atoms with van der Waals surface area (Å²) in [5.74, 6) is 1.17. The molecule has 0 aliphatic carbocycles. The molecule has 3 aliphatic rings. The minimum atomic E-state index is -3.54. The van der Waals surface area contributed by atoms with E-state index in [4.69, 9.17) is 4.74 Å². The number of piperidine rings is 3. The first-order valence-corrected chi connectivity index (χ1v) is 13.1. The number of nitrogens with zero attached hydrogens (tertiary/aromatic N) is 2. The Kier molecular flexibility index (Phi) is 7.19. The zero-order valence-electron chi connectivity index (χ0n) is 18.5. The van der Waals surface area contributed by atoms with E-state index in [0.29, 0.717) is 43.6 Å². The Morgan fingerprint density at radius 3 is 2.42 bits per heavy atom. The van der Waals surface area contributed by atoms with Crippen LogP contribution in [-0.2, 0) is 14.8 Å². The summed E-state index contributed by atoms with van der Waals surface area (Å²) in [6.07, 6.45) is 7.41. The second-order valence-electron chi connectivity index (χ2n) is 9.10. The molecule has 8 heteroatoms. The van der Waals surface area contributed by atoms with E-state index < -0.39 is 10.0 Å². The van der Waals surface area contributed by atoms with E-state index >= 15 is 0 Å². The van der Waals surface area contributed by atoms with Gasteiger partial charge in [-0.25, -0.2) is 8.42 Å². The number of rotatable bonds is 6. The van der Waals surface area contributed by atoms with Gasteiger partial charge in [-0.15, -0.1) is 0 Å². The molecule has 2 atom stereocenters. The molecule has 3 saturated heterocycles. The number of nitrogens with one attached hydrogen (secondary N) is 1. The van der Waals surface area contributed by atoms with E-state index in [0.717, 1.165) is 6.54 Å². The molecule has 0 unspecified atom stereocenters. The first-order valence-electron chi connectivity index (χ1n) is 11.6. The Morgan fingerprint density at radius 2 is 1.71 bits per heavy atom. The van der Waals surface area contributed by atoms with E-state index in [2.05, 4.69) is 10.2 Å². The Bertz CT molecular complexity index is 848. The normalized spacial score (nSPS) is 26.2. The van der Waals surface area contributed by atoms with Gasteiger partial charge in [0.1, 0.15) is 5.75 Å². The number of fused-ring (bicyclic) bond motifs is 1. The average molecular weight is 450 g/mol. The van der Waals surface area contributed by atoms with Crippen LogP contribution in [0.5, 0.6) is 5.75 Å². The van der Waals surface area contributed by atoms with E-state index in [1.807, 2.05) is 0 Å². The van der Waals surface area contributed by atoms with Crippen molar-refractivity contribution in [1.29, 1.82) is 0 Å². The molecule has 0 spiro atoms. The van der Waals surface area contributed by atoms with Crippen LogP contribution < -0.4 is 10.1 Å². The fraction of sp³-hybridized carbons (Fsp3) is 0.696.